The van der Waals surface area contributed by atoms with Crippen LogP contribution in [0.4, 0.5) is 17.5 Å². The fourth-order valence-corrected chi connectivity index (χ4v) is 5.11. The fourth-order valence-electron chi connectivity index (χ4n) is 4.96. The van der Waals surface area contributed by atoms with Gasteiger partial charge in [-0.1, -0.05) is 23.7 Å². The highest BCUT2D eigenvalue weighted by Gasteiger charge is 2.24. The average Bonchev–Trinajstić information content (AvgIpc) is 2.92. The maximum atomic E-state index is 13.5. The van der Waals surface area contributed by atoms with Crippen molar-refractivity contribution in [3.8, 4) is 0 Å². The number of halogens is 1. The average molecular weight is 548 g/mol. The van der Waals surface area contributed by atoms with Gasteiger partial charge in [-0.05, 0) is 56.2 Å². The molecule has 10 nitrogen and oxygen atoms in total. The van der Waals surface area contributed by atoms with Crippen LogP contribution in [0, 0.1) is 13.8 Å². The third-order valence-electron chi connectivity index (χ3n) is 7.02. The number of carboxylic acid groups (broad SMARTS) is 1. The molecule has 0 aliphatic carbocycles. The van der Waals surface area contributed by atoms with E-state index >= 15 is 0 Å². The van der Waals surface area contributed by atoms with Crippen LogP contribution in [0.5, 0.6) is 0 Å². The molecule has 4 aromatic rings. The zero-order chi connectivity index (χ0) is 27.8. The number of aromatic carboxylic acids is 1. The molecule has 4 heterocycles. The van der Waals surface area contributed by atoms with Crippen molar-refractivity contribution in [2.75, 3.05) is 41.3 Å². The molecule has 1 saturated heterocycles. The van der Waals surface area contributed by atoms with Gasteiger partial charge in [-0.2, -0.15) is 0 Å². The lowest BCUT2D eigenvalue weighted by atomic mass is 10.0. The van der Waals surface area contributed by atoms with Gasteiger partial charge in [-0.25, -0.2) is 19.7 Å². The van der Waals surface area contributed by atoms with Crippen molar-refractivity contribution < 1.29 is 9.90 Å². The summed E-state index contributed by atoms with van der Waals surface area (Å²) in [5.41, 5.74) is 3.43. The molecule has 1 fully saturated rings. The van der Waals surface area contributed by atoms with Gasteiger partial charge in [-0.3, -0.25) is 9.36 Å². The standard InChI is InChI=1S/C28H30ClN7O3/c1-16-5-8-23(30-15-16)35-9-11-36(12-10-35)28-33-24-19(13-17(2)14-20(24)26(37)34(28)4)18(3)31-21-6-7-22(29)32-25(21)27(38)39/h5-8,13-15,18,31H,9-12H2,1-4H3,(H,38,39)/t18-/m1/s1. The highest BCUT2D eigenvalue weighted by Crippen LogP contribution is 2.29. The normalized spacial score (nSPS) is 14.5. The molecule has 0 unspecified atom stereocenters. The molecule has 5 rings (SSSR count). The summed E-state index contributed by atoms with van der Waals surface area (Å²) in [6, 6.07) is 10.7. The highest BCUT2D eigenvalue weighted by molar-refractivity contribution is 6.29. The summed E-state index contributed by atoms with van der Waals surface area (Å²) >= 11 is 5.93. The first kappa shape index (κ1) is 26.4. The number of nitrogens with zero attached hydrogens (tertiary/aromatic N) is 6. The number of fused-ring (bicyclic) bond motifs is 1. The Morgan fingerprint density at radius 2 is 1.74 bits per heavy atom. The van der Waals surface area contributed by atoms with E-state index in [0.717, 1.165) is 35.6 Å². The van der Waals surface area contributed by atoms with Gasteiger partial charge >= 0.3 is 5.97 Å². The van der Waals surface area contributed by atoms with Crippen molar-refractivity contribution in [1.29, 1.82) is 0 Å². The minimum absolute atomic E-state index is 0.0969. The number of rotatable bonds is 6. The van der Waals surface area contributed by atoms with E-state index < -0.39 is 5.97 Å². The Morgan fingerprint density at radius 1 is 1.03 bits per heavy atom. The molecule has 202 valence electrons. The molecule has 0 amide bonds. The Bertz CT molecular complexity index is 1610. The molecule has 0 saturated carbocycles. The van der Waals surface area contributed by atoms with Crippen LogP contribution in [0.3, 0.4) is 0 Å². The van der Waals surface area contributed by atoms with Gasteiger partial charge in [0.15, 0.2) is 5.69 Å². The molecule has 1 atom stereocenters. The largest absolute Gasteiger partial charge is 0.476 e. The predicted octanol–water partition coefficient (Wildman–Crippen LogP) is 4.19. The lowest BCUT2D eigenvalue weighted by Gasteiger charge is -2.36. The number of carbonyl (C=O) groups is 1. The number of aromatic nitrogens is 4. The topological polar surface area (TPSA) is 116 Å². The maximum absolute atomic E-state index is 13.5. The quantitative estimate of drug-likeness (QED) is 0.343. The second kappa shape index (κ2) is 10.5. The number of anilines is 3. The van der Waals surface area contributed by atoms with Crippen molar-refractivity contribution in [2.24, 2.45) is 7.05 Å². The Kier molecular flexibility index (Phi) is 7.14. The van der Waals surface area contributed by atoms with E-state index in [1.807, 2.05) is 45.2 Å². The minimum atomic E-state index is -1.18. The number of hydrogen-bond acceptors (Lipinski definition) is 8. The number of piperazine rings is 1. The molecule has 0 radical (unpaired) electrons. The Hall–Kier alpha value is -4.18. The summed E-state index contributed by atoms with van der Waals surface area (Å²) in [6.45, 7) is 8.73. The van der Waals surface area contributed by atoms with Crippen LogP contribution in [0.15, 0.2) is 47.4 Å². The van der Waals surface area contributed by atoms with Crippen LogP contribution in [0.1, 0.15) is 40.1 Å². The second-order valence-electron chi connectivity index (χ2n) is 9.90. The predicted molar refractivity (Wildman–Crippen MR) is 153 cm³/mol. The molecule has 2 N–H and O–H groups in total. The summed E-state index contributed by atoms with van der Waals surface area (Å²) in [5.74, 6) is 0.354. The van der Waals surface area contributed by atoms with Gasteiger partial charge in [0, 0.05) is 45.0 Å². The maximum Gasteiger partial charge on any atom is 0.356 e. The van der Waals surface area contributed by atoms with Gasteiger partial charge in [0.2, 0.25) is 5.95 Å². The van der Waals surface area contributed by atoms with E-state index in [0.29, 0.717) is 35.6 Å². The smallest absolute Gasteiger partial charge is 0.356 e. The van der Waals surface area contributed by atoms with Crippen LogP contribution in [0.25, 0.3) is 10.9 Å². The molecule has 0 bridgehead atoms. The van der Waals surface area contributed by atoms with Gasteiger partial charge in [-0.15, -0.1) is 0 Å². The van der Waals surface area contributed by atoms with Crippen LogP contribution in [0.2, 0.25) is 5.15 Å². The molecule has 39 heavy (non-hydrogen) atoms. The SMILES string of the molecule is Cc1ccc(N2CCN(c3nc4c([C@@H](C)Nc5ccc(Cl)nc5C(=O)O)cc(C)cc4c(=O)n3C)CC2)nc1. The lowest BCUT2D eigenvalue weighted by Crippen LogP contribution is -2.48. The first-order valence-electron chi connectivity index (χ1n) is 12.7. The first-order chi connectivity index (χ1) is 18.6. The molecular formula is C28H30ClN7O3. The third-order valence-corrected chi connectivity index (χ3v) is 7.23. The summed E-state index contributed by atoms with van der Waals surface area (Å²) < 4.78 is 1.61. The zero-order valence-electron chi connectivity index (χ0n) is 22.3. The van der Waals surface area contributed by atoms with E-state index in [2.05, 4.69) is 31.2 Å². The van der Waals surface area contributed by atoms with E-state index in [1.165, 1.54) is 6.07 Å². The summed E-state index contributed by atoms with van der Waals surface area (Å²) in [4.78, 5) is 43.1. The number of carboxylic acids is 1. The number of pyridine rings is 2. The zero-order valence-corrected chi connectivity index (χ0v) is 23.0. The molecule has 11 heteroatoms. The van der Waals surface area contributed by atoms with Crippen LogP contribution in [-0.4, -0.2) is 56.8 Å². The van der Waals surface area contributed by atoms with E-state index in [1.54, 1.807) is 17.7 Å². The number of hydrogen-bond donors (Lipinski definition) is 2. The van der Waals surface area contributed by atoms with E-state index in [4.69, 9.17) is 16.6 Å². The van der Waals surface area contributed by atoms with Gasteiger partial charge in [0.1, 0.15) is 11.0 Å². The van der Waals surface area contributed by atoms with Crippen molar-refractivity contribution in [3.05, 3.63) is 80.5 Å². The molecule has 1 aliphatic rings. The number of aryl methyl sites for hydroxylation is 2. The monoisotopic (exact) mass is 547 g/mol. The van der Waals surface area contributed by atoms with Crippen molar-refractivity contribution >= 4 is 45.9 Å². The van der Waals surface area contributed by atoms with Crippen LogP contribution >= 0.6 is 11.6 Å². The molecular weight excluding hydrogens is 518 g/mol. The Morgan fingerprint density at radius 3 is 2.41 bits per heavy atom. The van der Waals surface area contributed by atoms with Crippen molar-refractivity contribution in [3.63, 3.8) is 0 Å². The number of benzene rings is 1. The summed E-state index contributed by atoms with van der Waals surface area (Å²) in [5, 5.41) is 13.5. The van der Waals surface area contributed by atoms with Crippen molar-refractivity contribution in [1.82, 2.24) is 19.5 Å². The lowest BCUT2D eigenvalue weighted by molar-refractivity contribution is 0.0691. The van der Waals surface area contributed by atoms with Crippen LogP contribution in [-0.2, 0) is 7.05 Å². The molecule has 1 aromatic carbocycles. The third kappa shape index (κ3) is 5.24. The van der Waals surface area contributed by atoms with Gasteiger partial charge < -0.3 is 20.2 Å². The van der Waals surface area contributed by atoms with E-state index in [-0.39, 0.29) is 22.4 Å². The van der Waals surface area contributed by atoms with Gasteiger partial charge in [0.05, 0.1) is 22.6 Å². The number of nitrogens with one attached hydrogen (secondary N) is 1. The fraction of sp³-hybridized carbons (Fsp3) is 0.321. The van der Waals surface area contributed by atoms with E-state index in [9.17, 15) is 14.7 Å². The second-order valence-corrected chi connectivity index (χ2v) is 10.3. The Labute approximate surface area is 230 Å². The Balaban J connectivity index is 1.49. The van der Waals surface area contributed by atoms with Gasteiger partial charge in [0.25, 0.3) is 5.56 Å². The summed E-state index contributed by atoms with van der Waals surface area (Å²) in [6.07, 6.45) is 1.87. The van der Waals surface area contributed by atoms with Crippen LogP contribution < -0.4 is 20.7 Å². The first-order valence-corrected chi connectivity index (χ1v) is 13.1. The molecule has 0 spiro atoms. The van der Waals surface area contributed by atoms with Crippen molar-refractivity contribution in [2.45, 2.75) is 26.8 Å². The highest BCUT2D eigenvalue weighted by atomic mass is 35.5. The summed E-state index contributed by atoms with van der Waals surface area (Å²) in [7, 11) is 1.75. The molecule has 1 aliphatic heterocycles. The minimum Gasteiger partial charge on any atom is -0.476 e. The molecule has 3 aromatic heterocycles.